The molecule has 0 saturated carbocycles. The summed E-state index contributed by atoms with van der Waals surface area (Å²) in [5, 5.41) is 20.1. The zero-order valence-electron chi connectivity index (χ0n) is 11.7. The summed E-state index contributed by atoms with van der Waals surface area (Å²) in [6.45, 7) is 0. The number of aromatic nitrogens is 1. The number of H-pyrrole nitrogens is 1. The monoisotopic (exact) mass is 300 g/mol. The number of nitrogens with one attached hydrogen (secondary N) is 1. The quantitative estimate of drug-likeness (QED) is 0.648. The largest absolute Gasteiger partial charge is 0.504 e. The van der Waals surface area contributed by atoms with Crippen LogP contribution < -0.4 is 4.74 Å². The van der Waals surface area contributed by atoms with Crippen LogP contribution in [-0.2, 0) is 0 Å². The van der Waals surface area contributed by atoms with Crippen LogP contribution in [-0.4, -0.2) is 28.5 Å². The van der Waals surface area contributed by atoms with Crippen LogP contribution in [0, 0.1) is 5.82 Å². The van der Waals surface area contributed by atoms with Crippen molar-refractivity contribution in [1.29, 1.82) is 0 Å². The van der Waals surface area contributed by atoms with Crippen LogP contribution in [0.2, 0.25) is 0 Å². The Bertz CT molecular complexity index is 871. The number of rotatable bonds is 3. The molecular formula is C16H13FN2O3. The molecule has 0 spiro atoms. The summed E-state index contributed by atoms with van der Waals surface area (Å²) in [5.41, 5.74) is 1.46. The van der Waals surface area contributed by atoms with Gasteiger partial charge in [-0.3, -0.25) is 4.99 Å². The number of hydrogen-bond acceptors (Lipinski definition) is 4. The molecule has 0 bridgehead atoms. The first-order chi connectivity index (χ1) is 10.6. The molecule has 112 valence electrons. The van der Waals surface area contributed by atoms with Crippen molar-refractivity contribution in [3.63, 3.8) is 0 Å². The van der Waals surface area contributed by atoms with Crippen LogP contribution >= 0.6 is 0 Å². The molecule has 0 aliphatic carbocycles. The first kappa shape index (κ1) is 13.9. The molecule has 0 fully saturated rings. The molecule has 1 aromatic heterocycles. The fourth-order valence-corrected chi connectivity index (χ4v) is 2.20. The van der Waals surface area contributed by atoms with E-state index >= 15 is 0 Å². The van der Waals surface area contributed by atoms with Crippen LogP contribution in [0.5, 0.6) is 17.4 Å². The molecule has 3 N–H and O–H groups in total. The molecular weight excluding hydrogens is 287 g/mol. The summed E-state index contributed by atoms with van der Waals surface area (Å²) < 4.78 is 18.3. The molecule has 5 nitrogen and oxygen atoms in total. The van der Waals surface area contributed by atoms with Gasteiger partial charge in [-0.2, -0.15) is 0 Å². The zero-order chi connectivity index (χ0) is 15.7. The van der Waals surface area contributed by atoms with Crippen LogP contribution in [0.4, 0.5) is 10.1 Å². The van der Waals surface area contributed by atoms with Crippen LogP contribution in [0.15, 0.2) is 41.4 Å². The average molecular weight is 300 g/mol. The lowest BCUT2D eigenvalue weighted by atomic mass is 10.2. The van der Waals surface area contributed by atoms with E-state index in [0.717, 1.165) is 0 Å². The number of phenolic OH excluding ortho intramolecular Hbond substituents is 1. The number of aromatic hydroxyl groups is 2. The number of halogens is 1. The highest BCUT2D eigenvalue weighted by atomic mass is 19.1. The van der Waals surface area contributed by atoms with Gasteiger partial charge >= 0.3 is 0 Å². The Kier molecular flexibility index (Phi) is 3.42. The van der Waals surface area contributed by atoms with Gasteiger partial charge in [0.1, 0.15) is 5.82 Å². The maximum Gasteiger partial charge on any atom is 0.198 e. The van der Waals surface area contributed by atoms with Gasteiger partial charge in [-0.15, -0.1) is 0 Å². The second-order valence-electron chi connectivity index (χ2n) is 4.69. The second-order valence-corrected chi connectivity index (χ2v) is 4.69. The van der Waals surface area contributed by atoms with Gasteiger partial charge in [-0.25, -0.2) is 4.39 Å². The van der Waals surface area contributed by atoms with Gasteiger partial charge in [0, 0.05) is 23.2 Å². The Labute approximate surface area is 125 Å². The number of aliphatic imine (C=N–C) groups is 1. The highest BCUT2D eigenvalue weighted by molar-refractivity contribution is 6.02. The van der Waals surface area contributed by atoms with E-state index < -0.39 is 5.82 Å². The molecule has 0 unspecified atom stereocenters. The maximum atomic E-state index is 13.3. The summed E-state index contributed by atoms with van der Waals surface area (Å²) >= 11 is 0. The molecule has 0 radical (unpaired) electrons. The number of aromatic amines is 1. The minimum atomic E-state index is -0.400. The molecule has 3 rings (SSSR count). The number of fused-ring (bicyclic) bond motifs is 1. The van der Waals surface area contributed by atoms with E-state index in [2.05, 4.69) is 9.98 Å². The number of ether oxygens (including phenoxy) is 1. The molecule has 0 amide bonds. The third-order valence-electron chi connectivity index (χ3n) is 3.29. The molecule has 0 aliphatic rings. The predicted molar refractivity (Wildman–Crippen MR) is 81.8 cm³/mol. The van der Waals surface area contributed by atoms with Crippen molar-refractivity contribution < 1.29 is 19.3 Å². The topological polar surface area (TPSA) is 77.8 Å². The van der Waals surface area contributed by atoms with Gasteiger partial charge in [0.15, 0.2) is 17.4 Å². The van der Waals surface area contributed by atoms with Crippen LogP contribution in [0.1, 0.15) is 5.56 Å². The number of benzene rings is 2. The molecule has 0 saturated heterocycles. The van der Waals surface area contributed by atoms with E-state index in [0.29, 0.717) is 27.9 Å². The van der Waals surface area contributed by atoms with E-state index in [-0.39, 0.29) is 11.6 Å². The molecule has 0 aliphatic heterocycles. The summed E-state index contributed by atoms with van der Waals surface area (Å²) in [6, 6.07) is 8.83. The predicted octanol–water partition coefficient (Wildman–Crippen LogP) is 3.48. The van der Waals surface area contributed by atoms with Crippen molar-refractivity contribution in [2.24, 2.45) is 4.99 Å². The number of nitrogens with zero attached hydrogens (tertiary/aromatic N) is 1. The Morgan fingerprint density at radius 3 is 2.73 bits per heavy atom. The maximum absolute atomic E-state index is 13.3. The van der Waals surface area contributed by atoms with Gasteiger partial charge in [-0.1, -0.05) is 0 Å². The standard InChI is InChI=1S/C16H13FN2O3/c1-22-15-5-3-10(7-14(15)20)18-8-12-11-6-9(17)2-4-13(11)19-16(12)21/h2-8,19-21H,1H3. The summed E-state index contributed by atoms with van der Waals surface area (Å²) in [6.07, 6.45) is 1.41. The van der Waals surface area contributed by atoms with Gasteiger partial charge in [0.2, 0.25) is 0 Å². The summed E-state index contributed by atoms with van der Waals surface area (Å²) in [5.74, 6) is -0.187. The van der Waals surface area contributed by atoms with Crippen molar-refractivity contribution in [2.75, 3.05) is 7.11 Å². The van der Waals surface area contributed by atoms with Gasteiger partial charge < -0.3 is 19.9 Å². The van der Waals surface area contributed by atoms with E-state index in [4.69, 9.17) is 4.74 Å². The van der Waals surface area contributed by atoms with Crippen LogP contribution in [0.25, 0.3) is 10.9 Å². The van der Waals surface area contributed by atoms with Gasteiger partial charge in [0.25, 0.3) is 0 Å². The molecule has 2 aromatic carbocycles. The Hall–Kier alpha value is -3.02. The molecule has 22 heavy (non-hydrogen) atoms. The average Bonchev–Trinajstić information content (AvgIpc) is 2.80. The Morgan fingerprint density at radius 1 is 1.18 bits per heavy atom. The van der Waals surface area contributed by atoms with Crippen molar-refractivity contribution in [3.8, 4) is 17.4 Å². The normalized spacial score (nSPS) is 11.4. The fourth-order valence-electron chi connectivity index (χ4n) is 2.20. The van der Waals surface area contributed by atoms with E-state index in [1.807, 2.05) is 0 Å². The lowest BCUT2D eigenvalue weighted by Gasteiger charge is -2.02. The highest BCUT2D eigenvalue weighted by Gasteiger charge is 2.10. The fraction of sp³-hybridized carbons (Fsp3) is 0.0625. The molecule has 1 heterocycles. The first-order valence-corrected chi connectivity index (χ1v) is 6.50. The zero-order valence-corrected chi connectivity index (χ0v) is 11.7. The minimum Gasteiger partial charge on any atom is -0.504 e. The number of methoxy groups -OCH3 is 1. The first-order valence-electron chi connectivity index (χ1n) is 6.50. The molecule has 3 aromatic rings. The van der Waals surface area contributed by atoms with Crippen molar-refractivity contribution in [3.05, 3.63) is 47.8 Å². The lowest BCUT2D eigenvalue weighted by molar-refractivity contribution is 0.373. The lowest BCUT2D eigenvalue weighted by Crippen LogP contribution is -1.83. The summed E-state index contributed by atoms with van der Waals surface area (Å²) in [7, 11) is 1.45. The van der Waals surface area contributed by atoms with E-state index in [1.54, 1.807) is 18.2 Å². The third kappa shape index (κ3) is 2.46. The third-order valence-corrected chi connectivity index (χ3v) is 3.29. The summed E-state index contributed by atoms with van der Waals surface area (Å²) in [4.78, 5) is 6.93. The van der Waals surface area contributed by atoms with Gasteiger partial charge in [0.05, 0.1) is 18.4 Å². The smallest absolute Gasteiger partial charge is 0.198 e. The van der Waals surface area contributed by atoms with E-state index in [9.17, 15) is 14.6 Å². The van der Waals surface area contributed by atoms with Crippen molar-refractivity contribution in [2.45, 2.75) is 0 Å². The number of phenols is 1. The molecule has 0 atom stereocenters. The van der Waals surface area contributed by atoms with Crippen molar-refractivity contribution in [1.82, 2.24) is 4.98 Å². The second kappa shape index (κ2) is 5.40. The van der Waals surface area contributed by atoms with Crippen LogP contribution in [0.3, 0.4) is 0 Å². The van der Waals surface area contributed by atoms with Crippen molar-refractivity contribution >= 4 is 22.8 Å². The highest BCUT2D eigenvalue weighted by Crippen LogP contribution is 2.31. The Balaban J connectivity index is 2.00. The SMILES string of the molecule is COc1ccc(N=Cc2c(O)[nH]c3ccc(F)cc23)cc1O. The number of hydrogen-bond donors (Lipinski definition) is 3. The van der Waals surface area contributed by atoms with Gasteiger partial charge in [-0.05, 0) is 30.3 Å². The molecule has 6 heteroatoms. The Morgan fingerprint density at radius 2 is 2.00 bits per heavy atom. The van der Waals surface area contributed by atoms with E-state index in [1.165, 1.54) is 31.5 Å². The minimum absolute atomic E-state index is 0.0358.